The van der Waals surface area contributed by atoms with Crippen LogP contribution >= 0.6 is 0 Å². The standard InChI is InChI=1S/C19H20N4O3/c1-4-26-19(25)14-5-7-15(8-6-14)20-18(24)11-23-17-10-13(3)12(2)9-16(17)21-22-23/h5-10H,4,11H2,1-3H3,(H,20,24). The quantitative estimate of drug-likeness (QED) is 0.714. The fourth-order valence-corrected chi connectivity index (χ4v) is 2.58. The van der Waals surface area contributed by atoms with Gasteiger partial charge in [-0.15, -0.1) is 5.10 Å². The first-order chi connectivity index (χ1) is 12.5. The van der Waals surface area contributed by atoms with Gasteiger partial charge in [0.1, 0.15) is 12.1 Å². The predicted octanol–water partition coefficient (Wildman–Crippen LogP) is 2.86. The molecule has 1 N–H and O–H groups in total. The van der Waals surface area contributed by atoms with E-state index in [2.05, 4.69) is 15.6 Å². The van der Waals surface area contributed by atoms with Crippen LogP contribution in [0.4, 0.5) is 5.69 Å². The number of aromatic nitrogens is 3. The number of ether oxygens (including phenoxy) is 1. The molecule has 0 aliphatic carbocycles. The van der Waals surface area contributed by atoms with E-state index in [0.29, 0.717) is 17.9 Å². The molecule has 134 valence electrons. The molecule has 0 fully saturated rings. The molecule has 26 heavy (non-hydrogen) atoms. The van der Waals surface area contributed by atoms with Crippen molar-refractivity contribution in [3.05, 3.63) is 53.1 Å². The van der Waals surface area contributed by atoms with Crippen molar-refractivity contribution in [2.45, 2.75) is 27.3 Å². The third-order valence-corrected chi connectivity index (χ3v) is 4.10. The van der Waals surface area contributed by atoms with Crippen LogP contribution in [0.15, 0.2) is 36.4 Å². The van der Waals surface area contributed by atoms with Gasteiger partial charge in [-0.3, -0.25) is 4.79 Å². The van der Waals surface area contributed by atoms with E-state index >= 15 is 0 Å². The fourth-order valence-electron chi connectivity index (χ4n) is 2.58. The molecule has 0 saturated heterocycles. The highest BCUT2D eigenvalue weighted by molar-refractivity contribution is 5.93. The Morgan fingerprint density at radius 3 is 2.50 bits per heavy atom. The molecule has 3 rings (SSSR count). The monoisotopic (exact) mass is 352 g/mol. The molecular formula is C19H20N4O3. The summed E-state index contributed by atoms with van der Waals surface area (Å²) in [7, 11) is 0. The van der Waals surface area contributed by atoms with Gasteiger partial charge >= 0.3 is 5.97 Å². The van der Waals surface area contributed by atoms with E-state index in [9.17, 15) is 9.59 Å². The molecule has 0 bridgehead atoms. The summed E-state index contributed by atoms with van der Waals surface area (Å²) in [6, 6.07) is 10.5. The lowest BCUT2D eigenvalue weighted by Crippen LogP contribution is -2.19. The third-order valence-electron chi connectivity index (χ3n) is 4.10. The van der Waals surface area contributed by atoms with Crippen molar-refractivity contribution in [1.29, 1.82) is 0 Å². The van der Waals surface area contributed by atoms with Gasteiger partial charge in [0, 0.05) is 5.69 Å². The van der Waals surface area contributed by atoms with Crippen molar-refractivity contribution in [3.63, 3.8) is 0 Å². The van der Waals surface area contributed by atoms with Gasteiger partial charge in [0.05, 0.1) is 17.7 Å². The van der Waals surface area contributed by atoms with Crippen LogP contribution in [0.3, 0.4) is 0 Å². The van der Waals surface area contributed by atoms with Crippen LogP contribution in [-0.4, -0.2) is 33.5 Å². The van der Waals surface area contributed by atoms with Gasteiger partial charge in [-0.2, -0.15) is 0 Å². The van der Waals surface area contributed by atoms with Gasteiger partial charge in [-0.25, -0.2) is 9.48 Å². The van der Waals surface area contributed by atoms with Gasteiger partial charge in [0.25, 0.3) is 0 Å². The topological polar surface area (TPSA) is 86.1 Å². The number of amides is 1. The first-order valence-corrected chi connectivity index (χ1v) is 8.35. The highest BCUT2D eigenvalue weighted by Gasteiger charge is 2.11. The number of carbonyl (C=O) groups excluding carboxylic acids is 2. The number of aryl methyl sites for hydroxylation is 2. The molecular weight excluding hydrogens is 332 g/mol. The van der Waals surface area contributed by atoms with E-state index in [1.807, 2.05) is 26.0 Å². The number of hydrogen-bond donors (Lipinski definition) is 1. The number of esters is 1. The van der Waals surface area contributed by atoms with Crippen LogP contribution in [0.1, 0.15) is 28.4 Å². The molecule has 1 aromatic heterocycles. The molecule has 7 nitrogen and oxygen atoms in total. The number of fused-ring (bicyclic) bond motifs is 1. The van der Waals surface area contributed by atoms with Crippen molar-refractivity contribution in [2.75, 3.05) is 11.9 Å². The number of rotatable bonds is 5. The molecule has 1 amide bonds. The Hall–Kier alpha value is -3.22. The average molecular weight is 352 g/mol. The number of nitrogens with one attached hydrogen (secondary N) is 1. The Morgan fingerprint density at radius 2 is 1.81 bits per heavy atom. The maximum Gasteiger partial charge on any atom is 0.338 e. The second-order valence-corrected chi connectivity index (χ2v) is 6.02. The Bertz CT molecular complexity index is 961. The SMILES string of the molecule is CCOC(=O)c1ccc(NC(=O)Cn2nnc3cc(C)c(C)cc32)cc1. The number of carbonyl (C=O) groups is 2. The Labute approximate surface area is 151 Å². The van der Waals surface area contributed by atoms with E-state index in [0.717, 1.165) is 22.2 Å². The van der Waals surface area contributed by atoms with Crippen LogP contribution in [0.2, 0.25) is 0 Å². The maximum atomic E-state index is 12.3. The molecule has 2 aromatic carbocycles. The summed E-state index contributed by atoms with van der Waals surface area (Å²) >= 11 is 0. The highest BCUT2D eigenvalue weighted by atomic mass is 16.5. The zero-order chi connectivity index (χ0) is 18.7. The van der Waals surface area contributed by atoms with E-state index in [4.69, 9.17) is 4.74 Å². The second-order valence-electron chi connectivity index (χ2n) is 6.02. The van der Waals surface area contributed by atoms with Crippen LogP contribution in [0.5, 0.6) is 0 Å². The van der Waals surface area contributed by atoms with E-state index in [-0.39, 0.29) is 18.4 Å². The Morgan fingerprint density at radius 1 is 1.12 bits per heavy atom. The van der Waals surface area contributed by atoms with Crippen molar-refractivity contribution < 1.29 is 14.3 Å². The fraction of sp³-hybridized carbons (Fsp3) is 0.263. The molecule has 0 aliphatic rings. The summed E-state index contributed by atoms with van der Waals surface area (Å²) in [5.41, 5.74) is 4.88. The van der Waals surface area contributed by atoms with Gasteiger partial charge < -0.3 is 10.1 Å². The van der Waals surface area contributed by atoms with E-state index < -0.39 is 0 Å². The Balaban J connectivity index is 1.69. The molecule has 0 atom stereocenters. The summed E-state index contributed by atoms with van der Waals surface area (Å²) in [6.07, 6.45) is 0. The zero-order valence-corrected chi connectivity index (χ0v) is 14.9. The lowest BCUT2D eigenvalue weighted by Gasteiger charge is -2.07. The molecule has 7 heteroatoms. The van der Waals surface area contributed by atoms with Crippen LogP contribution in [0.25, 0.3) is 11.0 Å². The lowest BCUT2D eigenvalue weighted by atomic mass is 10.1. The average Bonchev–Trinajstić information content (AvgIpc) is 2.98. The van der Waals surface area contributed by atoms with Crippen LogP contribution < -0.4 is 5.32 Å². The number of hydrogen-bond acceptors (Lipinski definition) is 5. The van der Waals surface area contributed by atoms with Crippen molar-refractivity contribution in [1.82, 2.24) is 15.0 Å². The van der Waals surface area contributed by atoms with Crippen molar-refractivity contribution in [2.24, 2.45) is 0 Å². The molecule has 0 spiro atoms. The third kappa shape index (κ3) is 3.72. The molecule has 0 radical (unpaired) electrons. The summed E-state index contributed by atoms with van der Waals surface area (Å²) in [5, 5.41) is 11.0. The number of benzene rings is 2. The zero-order valence-electron chi connectivity index (χ0n) is 14.9. The van der Waals surface area contributed by atoms with Crippen LogP contribution in [-0.2, 0) is 16.1 Å². The van der Waals surface area contributed by atoms with Gasteiger partial charge in [-0.1, -0.05) is 5.21 Å². The number of anilines is 1. The summed E-state index contributed by atoms with van der Waals surface area (Å²) in [5.74, 6) is -0.607. The maximum absolute atomic E-state index is 12.3. The van der Waals surface area contributed by atoms with Crippen molar-refractivity contribution >= 4 is 28.6 Å². The highest BCUT2D eigenvalue weighted by Crippen LogP contribution is 2.17. The van der Waals surface area contributed by atoms with Gasteiger partial charge in [0.2, 0.25) is 5.91 Å². The molecule has 3 aromatic rings. The van der Waals surface area contributed by atoms with E-state index in [1.165, 1.54) is 0 Å². The molecule has 1 heterocycles. The minimum absolute atomic E-state index is 0.0542. The van der Waals surface area contributed by atoms with Gasteiger partial charge in [-0.05, 0) is 68.3 Å². The predicted molar refractivity (Wildman–Crippen MR) is 98.0 cm³/mol. The smallest absolute Gasteiger partial charge is 0.338 e. The summed E-state index contributed by atoms with van der Waals surface area (Å²) in [4.78, 5) is 23.9. The molecule has 0 unspecified atom stereocenters. The lowest BCUT2D eigenvalue weighted by molar-refractivity contribution is -0.116. The number of nitrogens with zero attached hydrogens (tertiary/aromatic N) is 3. The van der Waals surface area contributed by atoms with Crippen LogP contribution in [0, 0.1) is 13.8 Å². The Kier molecular flexibility index (Phi) is 4.97. The normalized spacial score (nSPS) is 10.7. The minimum Gasteiger partial charge on any atom is -0.462 e. The largest absolute Gasteiger partial charge is 0.462 e. The summed E-state index contributed by atoms with van der Waals surface area (Å²) in [6.45, 7) is 6.15. The first-order valence-electron chi connectivity index (χ1n) is 8.35. The van der Waals surface area contributed by atoms with Crippen molar-refractivity contribution in [3.8, 4) is 0 Å². The molecule has 0 saturated carbocycles. The van der Waals surface area contributed by atoms with E-state index in [1.54, 1.807) is 35.9 Å². The van der Waals surface area contributed by atoms with Gasteiger partial charge in [0.15, 0.2) is 0 Å². The minimum atomic E-state index is -0.384. The first kappa shape index (κ1) is 17.6. The molecule has 0 aliphatic heterocycles. The summed E-state index contributed by atoms with van der Waals surface area (Å²) < 4.78 is 6.51. The second kappa shape index (κ2) is 7.35.